The fraction of sp³-hybridized carbons (Fsp3) is 0.462. The van der Waals surface area contributed by atoms with Crippen molar-refractivity contribution in [3.05, 3.63) is 72.8 Å². The van der Waals surface area contributed by atoms with E-state index in [2.05, 4.69) is 92.9 Å². The minimum absolute atomic E-state index is 0.0169. The second kappa shape index (κ2) is 8.08. The number of aliphatic hydroxyl groups is 1. The number of benzene rings is 2. The normalized spacial score (nSPS) is 24.9. The fourth-order valence-corrected chi connectivity index (χ4v) is 10.4. The molecule has 2 aromatic rings. The molecule has 4 rings (SSSR count). The Bertz CT molecular complexity index is 837. The van der Waals surface area contributed by atoms with Crippen molar-refractivity contribution in [2.24, 2.45) is 0 Å². The predicted molar refractivity (Wildman–Crippen MR) is 127 cm³/mol. The highest BCUT2D eigenvalue weighted by atomic mass is 28.4. The van der Waals surface area contributed by atoms with Crippen molar-refractivity contribution in [3.8, 4) is 0 Å². The van der Waals surface area contributed by atoms with Crippen LogP contribution in [0.1, 0.15) is 40.0 Å². The maximum absolute atomic E-state index is 10.2. The summed E-state index contributed by atoms with van der Waals surface area (Å²) >= 11 is 0. The molecule has 2 atom stereocenters. The zero-order chi connectivity index (χ0) is 21.4. The van der Waals surface area contributed by atoms with E-state index in [-0.39, 0.29) is 17.2 Å². The standard InChI is InChI=1S/C26H35NO2Si/c1-21-17-26(20-28)16-15-22(27(26)18-21)19-29-30(25(2,3)4,23-11-7-5-8-12-23)24-13-9-6-10-14-24/h5-14,22,28H,1,15-20H2,2-4H3/t22-,26-/m0/s1. The monoisotopic (exact) mass is 421 g/mol. The van der Waals surface area contributed by atoms with Gasteiger partial charge in [-0.1, -0.05) is 93.6 Å². The van der Waals surface area contributed by atoms with Crippen LogP contribution in [0.25, 0.3) is 0 Å². The summed E-state index contributed by atoms with van der Waals surface area (Å²) in [7, 11) is -2.52. The average Bonchev–Trinajstić information content (AvgIpc) is 3.24. The first-order valence-electron chi connectivity index (χ1n) is 11.1. The highest BCUT2D eigenvalue weighted by molar-refractivity contribution is 6.99. The van der Waals surface area contributed by atoms with Crippen LogP contribution in [0, 0.1) is 0 Å². The molecule has 2 heterocycles. The van der Waals surface area contributed by atoms with Crippen LogP contribution in [-0.4, -0.2) is 49.7 Å². The number of nitrogens with zero attached hydrogens (tertiary/aromatic N) is 1. The van der Waals surface area contributed by atoms with E-state index in [1.807, 2.05) is 0 Å². The highest BCUT2D eigenvalue weighted by Gasteiger charge is 2.53. The maximum atomic E-state index is 10.2. The lowest BCUT2D eigenvalue weighted by atomic mass is 9.94. The fourth-order valence-electron chi connectivity index (χ4n) is 5.75. The lowest BCUT2D eigenvalue weighted by Gasteiger charge is -2.44. The van der Waals surface area contributed by atoms with E-state index >= 15 is 0 Å². The van der Waals surface area contributed by atoms with Gasteiger partial charge >= 0.3 is 0 Å². The molecule has 0 aliphatic carbocycles. The van der Waals surface area contributed by atoms with Gasteiger partial charge in [0.2, 0.25) is 0 Å². The van der Waals surface area contributed by atoms with Gasteiger partial charge in [0.05, 0.1) is 13.2 Å². The summed E-state index contributed by atoms with van der Waals surface area (Å²) in [5.41, 5.74) is 1.12. The first-order valence-corrected chi connectivity index (χ1v) is 13.0. The summed E-state index contributed by atoms with van der Waals surface area (Å²) < 4.78 is 7.17. The minimum atomic E-state index is -2.52. The molecule has 2 aromatic carbocycles. The zero-order valence-electron chi connectivity index (χ0n) is 18.6. The molecule has 0 saturated carbocycles. The first kappa shape index (κ1) is 21.5. The molecule has 4 heteroatoms. The molecule has 2 saturated heterocycles. The van der Waals surface area contributed by atoms with E-state index in [0.29, 0.717) is 12.6 Å². The van der Waals surface area contributed by atoms with Gasteiger partial charge in [-0.25, -0.2) is 0 Å². The molecule has 1 N–H and O–H groups in total. The van der Waals surface area contributed by atoms with Crippen LogP contribution in [0.3, 0.4) is 0 Å². The Morgan fingerprint density at radius 2 is 1.63 bits per heavy atom. The van der Waals surface area contributed by atoms with Crippen LogP contribution in [0.15, 0.2) is 72.8 Å². The third-order valence-electron chi connectivity index (χ3n) is 7.17. The van der Waals surface area contributed by atoms with Crippen molar-refractivity contribution in [1.82, 2.24) is 4.90 Å². The van der Waals surface area contributed by atoms with Gasteiger partial charge in [-0.15, -0.1) is 0 Å². The van der Waals surface area contributed by atoms with E-state index in [1.54, 1.807) is 0 Å². The molecule has 0 aromatic heterocycles. The Morgan fingerprint density at radius 3 is 2.13 bits per heavy atom. The number of fused-ring (bicyclic) bond motifs is 1. The lowest BCUT2D eigenvalue weighted by Crippen LogP contribution is -2.67. The first-order chi connectivity index (χ1) is 14.3. The van der Waals surface area contributed by atoms with Gasteiger partial charge in [-0.2, -0.15) is 0 Å². The van der Waals surface area contributed by atoms with Crippen LogP contribution in [-0.2, 0) is 4.43 Å². The van der Waals surface area contributed by atoms with E-state index in [4.69, 9.17) is 4.43 Å². The molecule has 2 aliphatic rings. The largest absolute Gasteiger partial charge is 0.406 e. The molecule has 0 spiro atoms. The predicted octanol–water partition coefficient (Wildman–Crippen LogP) is 3.72. The van der Waals surface area contributed by atoms with Crippen molar-refractivity contribution in [3.63, 3.8) is 0 Å². The minimum Gasteiger partial charge on any atom is -0.406 e. The van der Waals surface area contributed by atoms with Crippen molar-refractivity contribution in [2.75, 3.05) is 19.8 Å². The Kier molecular flexibility index (Phi) is 5.79. The van der Waals surface area contributed by atoms with Crippen LogP contribution in [0.5, 0.6) is 0 Å². The third kappa shape index (κ3) is 3.50. The summed E-state index contributed by atoms with van der Waals surface area (Å²) in [5.74, 6) is 0. The Hall–Kier alpha value is -1.72. The molecule has 0 bridgehead atoms. The summed E-state index contributed by atoms with van der Waals surface area (Å²) in [6.07, 6.45) is 3.02. The Balaban J connectivity index is 1.70. The molecule has 2 aliphatic heterocycles. The van der Waals surface area contributed by atoms with Gasteiger partial charge in [0, 0.05) is 18.1 Å². The Labute approximate surface area is 182 Å². The third-order valence-corrected chi connectivity index (χ3v) is 12.2. The maximum Gasteiger partial charge on any atom is 0.261 e. The Morgan fingerprint density at radius 1 is 1.07 bits per heavy atom. The molecular formula is C26H35NO2Si. The second-order valence-electron chi connectivity index (χ2n) is 10.1. The molecule has 0 unspecified atom stereocenters. The molecule has 3 nitrogen and oxygen atoms in total. The summed E-state index contributed by atoms with van der Waals surface area (Å²) in [4.78, 5) is 2.48. The topological polar surface area (TPSA) is 32.7 Å². The van der Waals surface area contributed by atoms with Crippen LogP contribution >= 0.6 is 0 Å². The number of aliphatic hydroxyl groups excluding tert-OH is 1. The average molecular weight is 422 g/mol. The van der Waals surface area contributed by atoms with E-state index in [0.717, 1.165) is 25.8 Å². The summed E-state index contributed by atoms with van der Waals surface area (Å²) in [6, 6.07) is 22.0. The smallest absolute Gasteiger partial charge is 0.261 e. The van der Waals surface area contributed by atoms with Crippen molar-refractivity contribution < 1.29 is 9.53 Å². The van der Waals surface area contributed by atoms with Crippen molar-refractivity contribution in [1.29, 1.82) is 0 Å². The molecular weight excluding hydrogens is 386 g/mol. The second-order valence-corrected chi connectivity index (χ2v) is 14.4. The molecule has 0 amide bonds. The van der Waals surface area contributed by atoms with Crippen LogP contribution in [0.4, 0.5) is 0 Å². The van der Waals surface area contributed by atoms with E-state index < -0.39 is 8.32 Å². The van der Waals surface area contributed by atoms with Gasteiger partial charge in [-0.3, -0.25) is 4.90 Å². The zero-order valence-corrected chi connectivity index (χ0v) is 19.6. The highest BCUT2D eigenvalue weighted by Crippen LogP contribution is 2.44. The molecule has 160 valence electrons. The molecule has 30 heavy (non-hydrogen) atoms. The summed E-state index contributed by atoms with van der Waals surface area (Å²) in [5, 5.41) is 12.8. The van der Waals surface area contributed by atoms with Gasteiger partial charge in [-0.05, 0) is 34.7 Å². The van der Waals surface area contributed by atoms with Crippen LogP contribution in [0.2, 0.25) is 5.04 Å². The molecule has 0 radical (unpaired) electrons. The number of rotatable bonds is 6. The van der Waals surface area contributed by atoms with E-state index in [1.165, 1.54) is 15.9 Å². The van der Waals surface area contributed by atoms with E-state index in [9.17, 15) is 5.11 Å². The SMILES string of the molecule is C=C1CN2[C@H](CO[Si](c3ccccc3)(c3ccccc3)C(C)(C)C)CC[C@@]2(CO)C1. The van der Waals surface area contributed by atoms with Gasteiger partial charge in [0.1, 0.15) is 0 Å². The quantitative estimate of drug-likeness (QED) is 0.570. The van der Waals surface area contributed by atoms with Gasteiger partial charge < -0.3 is 9.53 Å². The van der Waals surface area contributed by atoms with Crippen molar-refractivity contribution in [2.45, 2.75) is 56.7 Å². The van der Waals surface area contributed by atoms with Crippen LogP contribution < -0.4 is 10.4 Å². The summed E-state index contributed by atoms with van der Waals surface area (Å²) in [6.45, 7) is 13.0. The van der Waals surface area contributed by atoms with Gasteiger partial charge in [0.25, 0.3) is 8.32 Å². The lowest BCUT2D eigenvalue weighted by molar-refractivity contribution is 0.0614. The number of hydrogen-bond donors (Lipinski definition) is 1. The van der Waals surface area contributed by atoms with Gasteiger partial charge in [0.15, 0.2) is 0 Å². The number of hydrogen-bond acceptors (Lipinski definition) is 3. The van der Waals surface area contributed by atoms with Crippen molar-refractivity contribution >= 4 is 18.7 Å². The molecule has 2 fully saturated rings.